The van der Waals surface area contributed by atoms with Crippen molar-refractivity contribution in [3.63, 3.8) is 0 Å². The van der Waals surface area contributed by atoms with E-state index < -0.39 is 0 Å². The number of furan rings is 1. The van der Waals surface area contributed by atoms with Gasteiger partial charge in [0.2, 0.25) is 0 Å². The van der Waals surface area contributed by atoms with Gasteiger partial charge in [0.25, 0.3) is 0 Å². The lowest BCUT2D eigenvalue weighted by Crippen LogP contribution is -2.35. The van der Waals surface area contributed by atoms with Gasteiger partial charge in [-0.15, -0.1) is 0 Å². The Morgan fingerprint density at radius 3 is 2.57 bits per heavy atom. The van der Waals surface area contributed by atoms with Crippen LogP contribution < -0.4 is 10.2 Å². The molecule has 0 saturated heterocycles. The van der Waals surface area contributed by atoms with Gasteiger partial charge in [0.05, 0.1) is 18.5 Å². The van der Waals surface area contributed by atoms with E-state index in [2.05, 4.69) is 26.1 Å². The van der Waals surface area contributed by atoms with Gasteiger partial charge in [0, 0.05) is 24.7 Å². The number of hydrogen-bond donors (Lipinski definition) is 1. The summed E-state index contributed by atoms with van der Waals surface area (Å²) in [6, 6.07) is 8.73. The van der Waals surface area contributed by atoms with E-state index in [9.17, 15) is 4.39 Å². The lowest BCUT2D eigenvalue weighted by Gasteiger charge is -2.22. The molecule has 0 fully saturated rings. The minimum atomic E-state index is -0.210. The SMILES string of the molecule is CN(Cc1ccoc1CNC(C)(C)C)c1ccccc1F. The molecule has 4 heteroatoms. The van der Waals surface area contributed by atoms with E-state index >= 15 is 0 Å². The quantitative estimate of drug-likeness (QED) is 0.904. The summed E-state index contributed by atoms with van der Waals surface area (Å²) in [5.41, 5.74) is 1.69. The zero-order valence-electron chi connectivity index (χ0n) is 13.1. The molecule has 3 nitrogen and oxygen atoms in total. The average molecular weight is 290 g/mol. The second-order valence-electron chi connectivity index (χ2n) is 6.28. The van der Waals surface area contributed by atoms with Crippen molar-refractivity contribution in [2.75, 3.05) is 11.9 Å². The van der Waals surface area contributed by atoms with E-state index in [0.29, 0.717) is 18.8 Å². The van der Waals surface area contributed by atoms with Gasteiger partial charge in [0.15, 0.2) is 0 Å². The lowest BCUT2D eigenvalue weighted by atomic mass is 10.1. The van der Waals surface area contributed by atoms with Gasteiger partial charge in [-0.2, -0.15) is 0 Å². The number of hydrogen-bond acceptors (Lipinski definition) is 3. The first-order valence-electron chi connectivity index (χ1n) is 7.13. The van der Waals surface area contributed by atoms with E-state index in [0.717, 1.165) is 11.3 Å². The molecule has 1 heterocycles. The Morgan fingerprint density at radius 1 is 1.19 bits per heavy atom. The third-order valence-corrected chi connectivity index (χ3v) is 3.29. The monoisotopic (exact) mass is 290 g/mol. The maximum Gasteiger partial charge on any atom is 0.146 e. The number of para-hydroxylation sites is 1. The first kappa shape index (κ1) is 15.6. The van der Waals surface area contributed by atoms with Crippen LogP contribution in [0.1, 0.15) is 32.1 Å². The Kier molecular flexibility index (Phi) is 4.68. The predicted molar refractivity (Wildman–Crippen MR) is 83.8 cm³/mol. The van der Waals surface area contributed by atoms with Crippen LogP contribution in [0.15, 0.2) is 41.0 Å². The highest BCUT2D eigenvalue weighted by molar-refractivity contribution is 5.47. The van der Waals surface area contributed by atoms with Gasteiger partial charge in [0.1, 0.15) is 11.6 Å². The normalized spacial score (nSPS) is 11.7. The minimum Gasteiger partial charge on any atom is -0.468 e. The smallest absolute Gasteiger partial charge is 0.146 e. The number of nitrogens with zero attached hydrogens (tertiary/aromatic N) is 1. The molecule has 114 valence electrons. The van der Waals surface area contributed by atoms with Crippen LogP contribution in [-0.4, -0.2) is 12.6 Å². The molecule has 0 bridgehead atoms. The Morgan fingerprint density at radius 2 is 1.90 bits per heavy atom. The van der Waals surface area contributed by atoms with Gasteiger partial charge in [-0.05, 0) is 39.0 Å². The number of nitrogens with one attached hydrogen (secondary N) is 1. The first-order chi connectivity index (χ1) is 9.87. The van der Waals surface area contributed by atoms with Crippen LogP contribution in [0.2, 0.25) is 0 Å². The third-order valence-electron chi connectivity index (χ3n) is 3.29. The summed E-state index contributed by atoms with van der Waals surface area (Å²) >= 11 is 0. The highest BCUT2D eigenvalue weighted by Crippen LogP contribution is 2.21. The fraction of sp³-hybridized carbons (Fsp3) is 0.412. The highest BCUT2D eigenvalue weighted by Gasteiger charge is 2.14. The van der Waals surface area contributed by atoms with Gasteiger partial charge < -0.3 is 14.6 Å². The van der Waals surface area contributed by atoms with Crippen LogP contribution >= 0.6 is 0 Å². The van der Waals surface area contributed by atoms with Crippen molar-refractivity contribution in [1.82, 2.24) is 5.32 Å². The standard InChI is InChI=1S/C17H23FN2O/c1-17(2,3)19-11-16-13(9-10-21-16)12-20(4)15-8-6-5-7-14(15)18/h5-10,19H,11-12H2,1-4H3. The van der Waals surface area contributed by atoms with Crippen molar-refractivity contribution >= 4 is 5.69 Å². The van der Waals surface area contributed by atoms with Crippen LogP contribution in [0.5, 0.6) is 0 Å². The topological polar surface area (TPSA) is 28.4 Å². The minimum absolute atomic E-state index is 0.0293. The fourth-order valence-electron chi connectivity index (χ4n) is 2.11. The van der Waals surface area contributed by atoms with E-state index in [1.165, 1.54) is 6.07 Å². The van der Waals surface area contributed by atoms with Gasteiger partial charge in [-0.3, -0.25) is 0 Å². The third kappa shape index (κ3) is 4.33. The Labute approximate surface area is 125 Å². The average Bonchev–Trinajstić information content (AvgIpc) is 2.83. The largest absolute Gasteiger partial charge is 0.468 e. The van der Waals surface area contributed by atoms with Gasteiger partial charge in [-0.25, -0.2) is 4.39 Å². The number of halogens is 1. The van der Waals surface area contributed by atoms with Crippen molar-refractivity contribution in [1.29, 1.82) is 0 Å². The Bertz CT molecular complexity index is 586. The molecule has 2 rings (SSSR count). The summed E-state index contributed by atoms with van der Waals surface area (Å²) in [5.74, 6) is 0.686. The zero-order valence-corrected chi connectivity index (χ0v) is 13.1. The number of rotatable bonds is 5. The van der Waals surface area contributed by atoms with E-state index in [4.69, 9.17) is 4.42 Å². The highest BCUT2D eigenvalue weighted by atomic mass is 19.1. The molecule has 0 saturated carbocycles. The number of benzene rings is 1. The molecule has 0 amide bonds. The first-order valence-corrected chi connectivity index (χ1v) is 7.13. The molecule has 2 aromatic rings. The second-order valence-corrected chi connectivity index (χ2v) is 6.28. The second kappa shape index (κ2) is 6.31. The van der Waals surface area contributed by atoms with Crippen molar-refractivity contribution < 1.29 is 8.81 Å². The van der Waals surface area contributed by atoms with Crippen molar-refractivity contribution in [2.45, 2.75) is 39.4 Å². The maximum atomic E-state index is 13.8. The molecule has 0 spiro atoms. The maximum absolute atomic E-state index is 13.8. The van der Waals surface area contributed by atoms with E-state index in [1.807, 2.05) is 24.1 Å². The van der Waals surface area contributed by atoms with Crippen LogP contribution in [0.25, 0.3) is 0 Å². The van der Waals surface area contributed by atoms with Crippen LogP contribution in [0, 0.1) is 5.82 Å². The van der Waals surface area contributed by atoms with Crippen LogP contribution in [0.3, 0.4) is 0 Å². The van der Waals surface area contributed by atoms with Crippen molar-refractivity contribution in [2.24, 2.45) is 0 Å². The summed E-state index contributed by atoms with van der Waals surface area (Å²) in [5, 5.41) is 3.40. The predicted octanol–water partition coefficient (Wildman–Crippen LogP) is 3.94. The molecular weight excluding hydrogens is 267 g/mol. The summed E-state index contributed by atoms with van der Waals surface area (Å²) in [7, 11) is 1.88. The number of anilines is 1. The Balaban J connectivity index is 2.07. The van der Waals surface area contributed by atoms with E-state index in [1.54, 1.807) is 18.4 Å². The van der Waals surface area contributed by atoms with Gasteiger partial charge >= 0.3 is 0 Å². The molecule has 0 aliphatic rings. The summed E-state index contributed by atoms with van der Waals surface area (Å²) in [4.78, 5) is 1.89. The molecule has 0 atom stereocenters. The zero-order chi connectivity index (χ0) is 15.5. The molecule has 0 unspecified atom stereocenters. The lowest BCUT2D eigenvalue weighted by molar-refractivity contribution is 0.386. The Hall–Kier alpha value is -1.81. The molecular formula is C17H23FN2O. The fourth-order valence-corrected chi connectivity index (χ4v) is 2.11. The van der Waals surface area contributed by atoms with Crippen LogP contribution in [-0.2, 0) is 13.1 Å². The van der Waals surface area contributed by atoms with Crippen molar-refractivity contribution in [3.8, 4) is 0 Å². The van der Waals surface area contributed by atoms with Crippen LogP contribution in [0.4, 0.5) is 10.1 Å². The summed E-state index contributed by atoms with van der Waals surface area (Å²) in [6.07, 6.45) is 1.68. The molecule has 0 aliphatic carbocycles. The molecule has 1 aromatic carbocycles. The molecule has 0 aliphatic heterocycles. The van der Waals surface area contributed by atoms with E-state index in [-0.39, 0.29) is 11.4 Å². The van der Waals surface area contributed by atoms with Gasteiger partial charge in [-0.1, -0.05) is 12.1 Å². The summed E-state index contributed by atoms with van der Waals surface area (Å²) < 4.78 is 19.3. The molecule has 1 N–H and O–H groups in total. The summed E-state index contributed by atoms with van der Waals surface area (Å²) in [6.45, 7) is 7.61. The molecule has 0 radical (unpaired) electrons. The molecule has 1 aromatic heterocycles. The molecule has 21 heavy (non-hydrogen) atoms. The van der Waals surface area contributed by atoms with Crippen molar-refractivity contribution in [3.05, 3.63) is 53.7 Å².